The number of anilines is 1. The fraction of sp³-hybridized carbons (Fsp3) is 0.136. The number of rotatable bonds is 6. The highest BCUT2D eigenvalue weighted by Gasteiger charge is 2.17. The van der Waals surface area contributed by atoms with Crippen LogP contribution in [0.1, 0.15) is 22.8 Å². The lowest BCUT2D eigenvalue weighted by Gasteiger charge is -2.17. The molecule has 0 spiro atoms. The zero-order valence-electron chi connectivity index (χ0n) is 14.9. The summed E-state index contributed by atoms with van der Waals surface area (Å²) in [6.07, 6.45) is -0.905. The summed E-state index contributed by atoms with van der Waals surface area (Å²) in [6.45, 7) is 1.82. The van der Waals surface area contributed by atoms with Gasteiger partial charge in [-0.15, -0.1) is 0 Å². The van der Waals surface area contributed by atoms with Crippen molar-refractivity contribution >= 4 is 23.2 Å². The number of hydrogen-bond acceptors (Lipinski definition) is 3. The maximum Gasteiger partial charge on any atom is 0.262 e. The fourth-order valence-corrected chi connectivity index (χ4v) is 2.91. The molecule has 0 aromatic heterocycles. The Morgan fingerprint density at radius 1 is 1.07 bits per heavy atom. The summed E-state index contributed by atoms with van der Waals surface area (Å²) >= 11 is 6.09. The lowest BCUT2D eigenvalue weighted by atomic mass is 10.00. The van der Waals surface area contributed by atoms with E-state index in [1.165, 1.54) is 0 Å². The van der Waals surface area contributed by atoms with Crippen molar-refractivity contribution < 1.29 is 14.6 Å². The van der Waals surface area contributed by atoms with Gasteiger partial charge in [0, 0.05) is 16.3 Å². The molecule has 4 nitrogen and oxygen atoms in total. The van der Waals surface area contributed by atoms with Crippen molar-refractivity contribution in [2.75, 3.05) is 11.9 Å². The summed E-state index contributed by atoms with van der Waals surface area (Å²) in [5.41, 5.74) is 2.79. The van der Waals surface area contributed by atoms with Crippen LogP contribution in [0.15, 0.2) is 72.8 Å². The predicted octanol–water partition coefficient (Wildman–Crippen LogP) is 4.75. The van der Waals surface area contributed by atoms with E-state index in [1.54, 1.807) is 24.3 Å². The number of amides is 1. The number of halogens is 1. The van der Waals surface area contributed by atoms with Crippen LogP contribution in [0.5, 0.6) is 5.75 Å². The largest absolute Gasteiger partial charge is 0.484 e. The van der Waals surface area contributed by atoms with Crippen LogP contribution in [-0.4, -0.2) is 17.6 Å². The Morgan fingerprint density at radius 2 is 1.85 bits per heavy atom. The monoisotopic (exact) mass is 381 g/mol. The number of ether oxygens (including phenoxy) is 1. The van der Waals surface area contributed by atoms with Gasteiger partial charge in [-0.25, -0.2) is 0 Å². The summed E-state index contributed by atoms with van der Waals surface area (Å²) < 4.78 is 5.53. The van der Waals surface area contributed by atoms with Crippen LogP contribution in [0.3, 0.4) is 0 Å². The van der Waals surface area contributed by atoms with Crippen LogP contribution in [0.2, 0.25) is 5.02 Å². The fourth-order valence-electron chi connectivity index (χ4n) is 2.73. The number of aliphatic hydroxyl groups excluding tert-OH is 1. The SMILES string of the molecule is Cc1cccc(OCC(=O)Nc2ccc(Cl)cc2[C@H](O)c2ccccc2)c1. The number of hydrogen-bond donors (Lipinski definition) is 2. The van der Waals surface area contributed by atoms with Crippen LogP contribution >= 0.6 is 11.6 Å². The molecule has 0 fully saturated rings. The summed E-state index contributed by atoms with van der Waals surface area (Å²) in [5, 5.41) is 14.0. The second-order valence-corrected chi connectivity index (χ2v) is 6.63. The number of benzene rings is 3. The molecular weight excluding hydrogens is 362 g/mol. The summed E-state index contributed by atoms with van der Waals surface area (Å²) in [6, 6.07) is 21.7. The van der Waals surface area contributed by atoms with Gasteiger partial charge in [0.2, 0.25) is 0 Å². The van der Waals surface area contributed by atoms with Gasteiger partial charge in [0.1, 0.15) is 11.9 Å². The molecule has 0 aliphatic rings. The van der Waals surface area contributed by atoms with Gasteiger partial charge in [0.25, 0.3) is 5.91 Å². The quantitative estimate of drug-likeness (QED) is 0.648. The van der Waals surface area contributed by atoms with Crippen LogP contribution in [0, 0.1) is 6.92 Å². The molecule has 3 rings (SSSR count). The number of aryl methyl sites for hydroxylation is 1. The van der Waals surface area contributed by atoms with Crippen molar-refractivity contribution in [1.82, 2.24) is 0 Å². The van der Waals surface area contributed by atoms with E-state index >= 15 is 0 Å². The van der Waals surface area contributed by atoms with E-state index in [4.69, 9.17) is 16.3 Å². The van der Waals surface area contributed by atoms with E-state index in [2.05, 4.69) is 5.32 Å². The van der Waals surface area contributed by atoms with E-state index in [-0.39, 0.29) is 12.5 Å². The normalized spacial score (nSPS) is 11.7. The van der Waals surface area contributed by atoms with Gasteiger partial charge in [-0.05, 0) is 48.4 Å². The minimum absolute atomic E-state index is 0.132. The average Bonchev–Trinajstić information content (AvgIpc) is 2.68. The molecule has 0 saturated carbocycles. The predicted molar refractivity (Wildman–Crippen MR) is 107 cm³/mol. The molecule has 0 unspecified atom stereocenters. The van der Waals surface area contributed by atoms with Gasteiger partial charge in [0.05, 0.1) is 0 Å². The van der Waals surface area contributed by atoms with Crippen LogP contribution in [0.25, 0.3) is 0 Å². The molecule has 0 heterocycles. The first kappa shape index (κ1) is 19.0. The Labute approximate surface area is 163 Å². The molecule has 1 atom stereocenters. The van der Waals surface area contributed by atoms with Gasteiger partial charge in [-0.3, -0.25) is 4.79 Å². The molecule has 27 heavy (non-hydrogen) atoms. The Bertz CT molecular complexity index is 928. The molecule has 0 aliphatic heterocycles. The smallest absolute Gasteiger partial charge is 0.262 e. The van der Waals surface area contributed by atoms with Crippen LogP contribution in [0.4, 0.5) is 5.69 Å². The molecule has 138 valence electrons. The highest BCUT2D eigenvalue weighted by Crippen LogP contribution is 2.30. The maximum absolute atomic E-state index is 12.3. The molecule has 2 N–H and O–H groups in total. The van der Waals surface area contributed by atoms with Crippen molar-refractivity contribution in [3.05, 3.63) is 94.5 Å². The van der Waals surface area contributed by atoms with Crippen LogP contribution in [-0.2, 0) is 4.79 Å². The third-order valence-electron chi connectivity index (χ3n) is 4.06. The zero-order valence-corrected chi connectivity index (χ0v) is 15.6. The molecule has 3 aromatic carbocycles. The molecule has 0 saturated heterocycles. The Balaban J connectivity index is 1.73. The van der Waals surface area contributed by atoms with E-state index in [0.717, 1.165) is 5.56 Å². The molecule has 0 radical (unpaired) electrons. The van der Waals surface area contributed by atoms with E-state index in [9.17, 15) is 9.90 Å². The van der Waals surface area contributed by atoms with Gasteiger partial charge in [-0.2, -0.15) is 0 Å². The Morgan fingerprint density at radius 3 is 2.59 bits per heavy atom. The second-order valence-electron chi connectivity index (χ2n) is 6.20. The van der Waals surface area contributed by atoms with Gasteiger partial charge >= 0.3 is 0 Å². The standard InChI is InChI=1S/C22H20ClNO3/c1-15-6-5-9-18(12-15)27-14-21(25)24-20-11-10-17(23)13-19(20)22(26)16-7-3-2-4-8-16/h2-13,22,26H,14H2,1H3,(H,24,25)/t22-/m1/s1. The lowest BCUT2D eigenvalue weighted by Crippen LogP contribution is -2.21. The van der Waals surface area contributed by atoms with E-state index < -0.39 is 6.10 Å². The Kier molecular flexibility index (Phi) is 6.12. The van der Waals surface area contributed by atoms with E-state index in [0.29, 0.717) is 27.6 Å². The Hall–Kier alpha value is -2.82. The van der Waals surface area contributed by atoms with Crippen molar-refractivity contribution in [3.63, 3.8) is 0 Å². The van der Waals surface area contributed by atoms with Gasteiger partial charge in [-0.1, -0.05) is 54.1 Å². The number of carbonyl (C=O) groups excluding carboxylic acids is 1. The first-order valence-electron chi connectivity index (χ1n) is 8.55. The molecule has 1 amide bonds. The van der Waals surface area contributed by atoms with Gasteiger partial charge in [0.15, 0.2) is 6.61 Å². The minimum Gasteiger partial charge on any atom is -0.484 e. The summed E-state index contributed by atoms with van der Waals surface area (Å²) in [7, 11) is 0. The van der Waals surface area contributed by atoms with Crippen molar-refractivity contribution in [2.45, 2.75) is 13.0 Å². The molecule has 0 aliphatic carbocycles. The third kappa shape index (κ3) is 5.09. The first-order chi connectivity index (χ1) is 13.0. The molecule has 5 heteroatoms. The topological polar surface area (TPSA) is 58.6 Å². The van der Waals surface area contributed by atoms with Gasteiger partial charge < -0.3 is 15.2 Å². The first-order valence-corrected chi connectivity index (χ1v) is 8.92. The highest BCUT2D eigenvalue weighted by molar-refractivity contribution is 6.30. The maximum atomic E-state index is 12.3. The van der Waals surface area contributed by atoms with Crippen molar-refractivity contribution in [2.24, 2.45) is 0 Å². The molecule has 3 aromatic rings. The zero-order chi connectivity index (χ0) is 19.2. The van der Waals surface area contributed by atoms with Crippen LogP contribution < -0.4 is 10.1 Å². The van der Waals surface area contributed by atoms with Crippen molar-refractivity contribution in [3.8, 4) is 5.75 Å². The summed E-state index contributed by atoms with van der Waals surface area (Å²) in [5.74, 6) is 0.311. The second kappa shape index (κ2) is 8.71. The lowest BCUT2D eigenvalue weighted by molar-refractivity contribution is -0.118. The molecular formula is C22H20ClNO3. The number of carbonyl (C=O) groups is 1. The molecule has 0 bridgehead atoms. The third-order valence-corrected chi connectivity index (χ3v) is 4.29. The number of nitrogens with one attached hydrogen (secondary N) is 1. The van der Waals surface area contributed by atoms with E-state index in [1.807, 2.05) is 55.5 Å². The summed E-state index contributed by atoms with van der Waals surface area (Å²) in [4.78, 5) is 12.3. The minimum atomic E-state index is -0.905. The highest BCUT2D eigenvalue weighted by atomic mass is 35.5. The number of aliphatic hydroxyl groups is 1. The average molecular weight is 382 g/mol. The van der Waals surface area contributed by atoms with Crippen molar-refractivity contribution in [1.29, 1.82) is 0 Å².